The molecule has 5 atom stereocenters. The Bertz CT molecular complexity index is 689. The lowest BCUT2D eigenvalue weighted by atomic mass is 9.79. The first kappa shape index (κ1) is 20.2. The number of likely N-dealkylation sites (tertiary alicyclic amines) is 1. The molecular weight excluding hydrogens is 378 g/mol. The maximum Gasteiger partial charge on any atom is 0.353 e. The molecule has 3 heterocycles. The first-order valence-corrected chi connectivity index (χ1v) is 11.3. The number of thioether (sulfide) groups is 1. The Balaban J connectivity index is 1.45. The molecule has 1 saturated carbocycles. The van der Waals surface area contributed by atoms with E-state index < -0.39 is 18.0 Å². The SMILES string of the molecule is C[C@@H](O)[C@H]1C(=O)N2C(C(=O)O)=C(SC3CCN(C4CCC(N)CC4)C3)[C@H](C)[C@H]12. The normalized spacial score (nSPS) is 39.9. The summed E-state index contributed by atoms with van der Waals surface area (Å²) in [6, 6.07) is 0.717. The molecule has 1 unspecified atom stereocenters. The number of aliphatic hydroxyl groups excluding tert-OH is 1. The summed E-state index contributed by atoms with van der Waals surface area (Å²) in [5.74, 6) is -1.83. The number of nitrogens with two attached hydrogens (primary N) is 1. The summed E-state index contributed by atoms with van der Waals surface area (Å²) in [5.41, 5.74) is 6.18. The van der Waals surface area contributed by atoms with Crippen LogP contribution in [0.5, 0.6) is 0 Å². The van der Waals surface area contributed by atoms with E-state index >= 15 is 0 Å². The van der Waals surface area contributed by atoms with Crippen LogP contribution in [-0.2, 0) is 9.59 Å². The Morgan fingerprint density at radius 2 is 1.93 bits per heavy atom. The molecule has 4 aliphatic rings. The number of β-lactam (4-membered cyclic amide) rings is 1. The number of carbonyl (C=O) groups excluding carboxylic acids is 1. The van der Waals surface area contributed by atoms with Crippen LogP contribution in [0.3, 0.4) is 0 Å². The van der Waals surface area contributed by atoms with Crippen LogP contribution in [0.1, 0.15) is 46.0 Å². The fourth-order valence-electron chi connectivity index (χ4n) is 5.51. The van der Waals surface area contributed by atoms with Crippen LogP contribution in [0.25, 0.3) is 0 Å². The molecule has 1 aliphatic carbocycles. The van der Waals surface area contributed by atoms with E-state index in [1.54, 1.807) is 18.7 Å². The lowest BCUT2D eigenvalue weighted by Crippen LogP contribution is -2.63. The van der Waals surface area contributed by atoms with Gasteiger partial charge in [-0.25, -0.2) is 4.79 Å². The van der Waals surface area contributed by atoms with Crippen molar-refractivity contribution >= 4 is 23.6 Å². The van der Waals surface area contributed by atoms with Crippen LogP contribution in [0.2, 0.25) is 0 Å². The smallest absolute Gasteiger partial charge is 0.353 e. The van der Waals surface area contributed by atoms with Gasteiger partial charge in [-0.05, 0) is 45.6 Å². The van der Waals surface area contributed by atoms with Crippen LogP contribution in [0, 0.1) is 11.8 Å². The largest absolute Gasteiger partial charge is 0.477 e. The maximum atomic E-state index is 12.5. The highest BCUT2D eigenvalue weighted by atomic mass is 32.2. The second-order valence-electron chi connectivity index (χ2n) is 8.86. The Hall–Kier alpha value is -1.09. The Labute approximate surface area is 170 Å². The number of aliphatic carboxylic acids is 1. The third kappa shape index (κ3) is 3.28. The molecule has 1 amide bonds. The molecule has 0 aromatic rings. The predicted octanol–water partition coefficient (Wildman–Crippen LogP) is 1.22. The van der Waals surface area contributed by atoms with Crippen molar-refractivity contribution < 1.29 is 19.8 Å². The van der Waals surface area contributed by atoms with Gasteiger partial charge in [0.25, 0.3) is 0 Å². The van der Waals surface area contributed by atoms with Crippen LogP contribution >= 0.6 is 11.8 Å². The zero-order valence-corrected chi connectivity index (χ0v) is 17.4. The number of carboxylic acid groups (broad SMARTS) is 1. The highest BCUT2D eigenvalue weighted by molar-refractivity contribution is 8.03. The third-order valence-corrected chi connectivity index (χ3v) is 8.58. The zero-order chi connectivity index (χ0) is 20.2. The van der Waals surface area contributed by atoms with Crippen LogP contribution in [0.4, 0.5) is 0 Å². The summed E-state index contributed by atoms with van der Waals surface area (Å²) in [7, 11) is 0. The lowest BCUT2D eigenvalue weighted by Gasteiger charge is -2.46. The fraction of sp³-hybridized carbons (Fsp3) is 0.800. The van der Waals surface area contributed by atoms with Crippen LogP contribution in [0.15, 0.2) is 10.6 Å². The van der Waals surface area contributed by atoms with Gasteiger partial charge in [-0.15, -0.1) is 11.8 Å². The van der Waals surface area contributed by atoms with Crippen molar-refractivity contribution in [3.05, 3.63) is 10.6 Å². The Kier molecular flexibility index (Phi) is 5.50. The number of amides is 1. The highest BCUT2D eigenvalue weighted by Crippen LogP contribution is 2.52. The standard InChI is InChI=1S/C20H31N3O4S/c1-10-16-15(11(2)24)19(25)23(16)17(20(26)27)18(10)28-14-7-8-22(9-14)13-5-3-12(21)4-6-13/h10-16,24H,3-9,21H2,1-2H3,(H,26,27)/t10-,11-,12?,13?,14?,15-,16-/m1/s1. The fourth-order valence-corrected chi connectivity index (χ4v) is 7.01. The molecule has 28 heavy (non-hydrogen) atoms. The molecule has 4 N–H and O–H groups in total. The molecule has 156 valence electrons. The summed E-state index contributed by atoms with van der Waals surface area (Å²) in [4.78, 5) is 29.2. The monoisotopic (exact) mass is 409 g/mol. The number of nitrogens with zero attached hydrogens (tertiary/aromatic N) is 2. The number of hydrogen-bond acceptors (Lipinski definition) is 6. The number of hydrogen-bond donors (Lipinski definition) is 3. The van der Waals surface area contributed by atoms with E-state index in [-0.39, 0.29) is 23.6 Å². The minimum atomic E-state index is -1.04. The second kappa shape index (κ2) is 7.63. The molecule has 7 nitrogen and oxygen atoms in total. The molecule has 2 saturated heterocycles. The van der Waals surface area contributed by atoms with Gasteiger partial charge in [0.1, 0.15) is 5.70 Å². The molecule has 0 aromatic carbocycles. The van der Waals surface area contributed by atoms with Gasteiger partial charge in [-0.2, -0.15) is 0 Å². The van der Waals surface area contributed by atoms with Crippen LogP contribution in [-0.4, -0.2) is 74.5 Å². The molecule has 0 radical (unpaired) electrons. The molecule has 3 fully saturated rings. The van der Waals surface area contributed by atoms with Crippen molar-refractivity contribution in [3.8, 4) is 0 Å². The van der Waals surface area contributed by atoms with Crippen molar-refractivity contribution in [1.29, 1.82) is 0 Å². The Morgan fingerprint density at radius 3 is 2.54 bits per heavy atom. The van der Waals surface area contributed by atoms with Gasteiger partial charge < -0.3 is 20.8 Å². The minimum absolute atomic E-state index is 0.0462. The number of aliphatic hydroxyl groups is 1. The molecule has 0 aromatic heterocycles. The molecule has 8 heteroatoms. The van der Waals surface area contributed by atoms with Crippen molar-refractivity contribution in [3.63, 3.8) is 0 Å². The molecular formula is C20H31N3O4S. The third-order valence-electron chi connectivity index (χ3n) is 7.04. The first-order chi connectivity index (χ1) is 13.3. The number of carbonyl (C=O) groups is 2. The van der Waals surface area contributed by atoms with E-state index in [2.05, 4.69) is 4.90 Å². The summed E-state index contributed by atoms with van der Waals surface area (Å²) in [6.45, 7) is 5.62. The van der Waals surface area contributed by atoms with E-state index in [9.17, 15) is 19.8 Å². The molecule has 0 bridgehead atoms. The van der Waals surface area contributed by atoms with Gasteiger partial charge in [-0.1, -0.05) is 6.92 Å². The lowest BCUT2D eigenvalue weighted by molar-refractivity contribution is -0.163. The van der Waals surface area contributed by atoms with E-state index in [0.29, 0.717) is 17.3 Å². The van der Waals surface area contributed by atoms with Gasteiger partial charge in [0.15, 0.2) is 0 Å². The Morgan fingerprint density at radius 1 is 1.25 bits per heavy atom. The minimum Gasteiger partial charge on any atom is -0.477 e. The molecule has 4 rings (SSSR count). The average molecular weight is 410 g/mol. The van der Waals surface area contributed by atoms with Crippen molar-refractivity contribution in [2.45, 2.75) is 75.4 Å². The summed E-state index contributed by atoms with van der Waals surface area (Å²) in [6.07, 6.45) is 4.76. The first-order valence-electron chi connectivity index (χ1n) is 10.4. The summed E-state index contributed by atoms with van der Waals surface area (Å²) < 4.78 is 0. The number of carboxylic acids is 1. The van der Waals surface area contributed by atoms with E-state index in [0.717, 1.165) is 50.1 Å². The number of fused-ring (bicyclic) bond motifs is 1. The maximum absolute atomic E-state index is 12.5. The predicted molar refractivity (Wildman–Crippen MR) is 107 cm³/mol. The molecule has 0 spiro atoms. The number of rotatable bonds is 5. The highest BCUT2D eigenvalue weighted by Gasteiger charge is 2.60. The van der Waals surface area contributed by atoms with E-state index in [4.69, 9.17) is 5.73 Å². The van der Waals surface area contributed by atoms with Crippen molar-refractivity contribution in [2.24, 2.45) is 17.6 Å². The summed E-state index contributed by atoms with van der Waals surface area (Å²) in [5, 5.41) is 20.1. The van der Waals surface area contributed by atoms with E-state index in [1.165, 1.54) is 4.90 Å². The molecule has 3 aliphatic heterocycles. The van der Waals surface area contributed by atoms with Crippen LogP contribution < -0.4 is 5.73 Å². The quantitative estimate of drug-likeness (QED) is 0.586. The van der Waals surface area contributed by atoms with Crippen molar-refractivity contribution in [1.82, 2.24) is 9.80 Å². The van der Waals surface area contributed by atoms with Crippen molar-refractivity contribution in [2.75, 3.05) is 13.1 Å². The van der Waals surface area contributed by atoms with Gasteiger partial charge in [0, 0.05) is 34.7 Å². The van der Waals surface area contributed by atoms with Gasteiger partial charge in [0.2, 0.25) is 5.91 Å². The van der Waals surface area contributed by atoms with Gasteiger partial charge in [-0.3, -0.25) is 9.69 Å². The zero-order valence-electron chi connectivity index (χ0n) is 16.6. The van der Waals surface area contributed by atoms with Gasteiger partial charge >= 0.3 is 5.97 Å². The topological polar surface area (TPSA) is 107 Å². The average Bonchev–Trinajstić information content (AvgIpc) is 3.18. The van der Waals surface area contributed by atoms with Gasteiger partial charge in [0.05, 0.1) is 18.1 Å². The van der Waals surface area contributed by atoms with E-state index in [1.807, 2.05) is 6.92 Å². The summed E-state index contributed by atoms with van der Waals surface area (Å²) >= 11 is 1.65. The second-order valence-corrected chi connectivity index (χ2v) is 10.2.